The molecule has 8 rings (SSSR count). The Bertz CT molecular complexity index is 1590. The normalized spacial score (nSPS) is 39.5. The fourth-order valence-electron chi connectivity index (χ4n) is 11.1. The second kappa shape index (κ2) is 10.6. The van der Waals surface area contributed by atoms with E-state index in [1.807, 2.05) is 18.2 Å². The van der Waals surface area contributed by atoms with Gasteiger partial charge in [-0.15, -0.1) is 0 Å². The topological polar surface area (TPSA) is 60.8 Å². The van der Waals surface area contributed by atoms with Gasteiger partial charge in [0.05, 0.1) is 17.3 Å². The first-order valence-corrected chi connectivity index (χ1v) is 17.0. The number of nitrogens with zero attached hydrogens (tertiary/aromatic N) is 1. The van der Waals surface area contributed by atoms with Crippen molar-refractivity contribution in [3.05, 3.63) is 95.1 Å². The largest absolute Gasteiger partial charge is 0.416 e. The average Bonchev–Trinajstić information content (AvgIpc) is 3.29. The molecule has 0 amide bonds. The lowest BCUT2D eigenvalue weighted by molar-refractivity contribution is -0.175. The van der Waals surface area contributed by atoms with Gasteiger partial charge >= 0.3 is 6.18 Å². The molecule has 6 aliphatic rings. The van der Waals surface area contributed by atoms with Crippen LogP contribution in [0, 0.1) is 33.5 Å². The van der Waals surface area contributed by atoms with E-state index in [-0.39, 0.29) is 28.6 Å². The Labute approximate surface area is 270 Å². The molecule has 246 valence electrons. The predicted octanol–water partition coefficient (Wildman–Crippen LogP) is 7.65. The fraction of sp³-hybridized carbons (Fsp3) is 0.564. The zero-order chi connectivity index (χ0) is 32.8. The Hall–Kier alpha value is -2.74. The first kappa shape index (κ1) is 31.8. The summed E-state index contributed by atoms with van der Waals surface area (Å²) in [7, 11) is 2.06. The van der Waals surface area contributed by atoms with Crippen molar-refractivity contribution in [2.45, 2.75) is 83.1 Å². The standard InChI is InChI=1S/C39H46F3NO3/c1-34-16-12-29(44)23-36(34)19-20-38(30(24-36)33(45)27-10-7-11-28(22-27)39(40,41)42)31(34)13-17-35(2)32(38)14-18-37(35,46)25-43(3)21-15-26-8-5-4-6-9-26/h4-11,19-20,22,24,29,31-32,44,46H,12-18,21,23,25H2,1-3H3. The highest BCUT2D eigenvalue weighted by atomic mass is 19.4. The van der Waals surface area contributed by atoms with Gasteiger partial charge in [0, 0.05) is 40.5 Å². The summed E-state index contributed by atoms with van der Waals surface area (Å²) in [4.78, 5) is 16.8. The molecule has 0 heterocycles. The van der Waals surface area contributed by atoms with Crippen LogP contribution in [0.3, 0.4) is 0 Å². The number of carbonyl (C=O) groups is 1. The van der Waals surface area contributed by atoms with Crippen LogP contribution >= 0.6 is 0 Å². The number of rotatable bonds is 7. The van der Waals surface area contributed by atoms with Gasteiger partial charge in [-0.1, -0.05) is 74.5 Å². The maximum atomic E-state index is 14.6. The third-order valence-electron chi connectivity index (χ3n) is 13.6. The molecule has 6 aliphatic carbocycles. The molecule has 4 nitrogen and oxygen atoms in total. The average molecular weight is 634 g/mol. The molecule has 8 unspecified atom stereocenters. The molecule has 2 aromatic carbocycles. The van der Waals surface area contributed by atoms with Gasteiger partial charge in [0.25, 0.3) is 0 Å². The van der Waals surface area contributed by atoms with Gasteiger partial charge in [0.2, 0.25) is 0 Å². The fourth-order valence-corrected chi connectivity index (χ4v) is 11.1. The molecular formula is C39H46F3NO3. The molecule has 0 radical (unpaired) electrons. The van der Waals surface area contributed by atoms with E-state index in [0.717, 1.165) is 50.8 Å². The smallest absolute Gasteiger partial charge is 0.393 e. The van der Waals surface area contributed by atoms with Crippen LogP contribution in [0.1, 0.15) is 80.3 Å². The summed E-state index contributed by atoms with van der Waals surface area (Å²) < 4.78 is 41.3. The number of likely N-dealkylation sites (N-methyl/N-ethyl adjacent to an activating group) is 1. The van der Waals surface area contributed by atoms with E-state index >= 15 is 0 Å². The number of hydrogen-bond donors (Lipinski definition) is 2. The van der Waals surface area contributed by atoms with E-state index in [1.54, 1.807) is 0 Å². The predicted molar refractivity (Wildman–Crippen MR) is 172 cm³/mol. The summed E-state index contributed by atoms with van der Waals surface area (Å²) >= 11 is 0. The van der Waals surface area contributed by atoms with Gasteiger partial charge < -0.3 is 15.1 Å². The van der Waals surface area contributed by atoms with Crippen molar-refractivity contribution in [3.8, 4) is 0 Å². The second-order valence-electron chi connectivity index (χ2n) is 15.7. The Kier molecular flexibility index (Phi) is 7.36. The Morgan fingerprint density at radius 1 is 0.935 bits per heavy atom. The Balaban J connectivity index is 1.28. The summed E-state index contributed by atoms with van der Waals surface area (Å²) in [5, 5.41) is 23.5. The van der Waals surface area contributed by atoms with Crippen LogP contribution < -0.4 is 0 Å². The van der Waals surface area contributed by atoms with Crippen molar-refractivity contribution in [2.24, 2.45) is 33.5 Å². The lowest BCUT2D eigenvalue weighted by atomic mass is 9.32. The summed E-state index contributed by atoms with van der Waals surface area (Å²) in [6.07, 6.45) is 7.33. The van der Waals surface area contributed by atoms with Crippen molar-refractivity contribution in [3.63, 3.8) is 0 Å². The summed E-state index contributed by atoms with van der Waals surface area (Å²) in [5.74, 6) is -0.324. The molecule has 8 atom stereocenters. The van der Waals surface area contributed by atoms with Crippen molar-refractivity contribution in [1.82, 2.24) is 4.90 Å². The van der Waals surface area contributed by atoms with Crippen molar-refractivity contribution >= 4 is 5.78 Å². The number of halogens is 3. The van der Waals surface area contributed by atoms with E-state index in [0.29, 0.717) is 31.4 Å². The van der Waals surface area contributed by atoms with Gasteiger partial charge in [-0.3, -0.25) is 4.79 Å². The molecule has 3 saturated carbocycles. The number of Topliss-reactive ketones (excluding diaryl/α,β-unsaturated/α-hetero) is 1. The number of fused-ring (bicyclic) bond motifs is 1. The Morgan fingerprint density at radius 3 is 2.37 bits per heavy atom. The molecule has 7 heteroatoms. The van der Waals surface area contributed by atoms with Gasteiger partial charge in [-0.2, -0.15) is 13.2 Å². The second-order valence-corrected chi connectivity index (χ2v) is 15.7. The number of allylic oxidation sites excluding steroid dienone is 4. The van der Waals surface area contributed by atoms with Crippen LogP contribution in [0.25, 0.3) is 0 Å². The van der Waals surface area contributed by atoms with E-state index < -0.39 is 39.7 Å². The number of ketones is 1. The Morgan fingerprint density at radius 2 is 1.63 bits per heavy atom. The minimum absolute atomic E-state index is 0.0470. The van der Waals surface area contributed by atoms with Gasteiger partial charge in [0.1, 0.15) is 0 Å². The molecule has 2 bridgehead atoms. The van der Waals surface area contributed by atoms with E-state index in [1.165, 1.54) is 17.7 Å². The first-order valence-electron chi connectivity index (χ1n) is 17.0. The third-order valence-corrected chi connectivity index (χ3v) is 13.6. The minimum Gasteiger partial charge on any atom is -0.393 e. The number of aliphatic hydroxyl groups excluding tert-OH is 1. The maximum Gasteiger partial charge on any atom is 0.416 e. The molecule has 0 saturated heterocycles. The number of hydrogen-bond acceptors (Lipinski definition) is 4. The van der Waals surface area contributed by atoms with Crippen LogP contribution in [0.4, 0.5) is 13.2 Å². The van der Waals surface area contributed by atoms with E-state index in [4.69, 9.17) is 0 Å². The number of benzene rings is 2. The molecular weight excluding hydrogens is 587 g/mol. The zero-order valence-electron chi connectivity index (χ0n) is 27.1. The zero-order valence-corrected chi connectivity index (χ0v) is 27.1. The van der Waals surface area contributed by atoms with Gasteiger partial charge in [-0.05, 0) is 93.4 Å². The lowest BCUT2D eigenvalue weighted by Gasteiger charge is -2.71. The SMILES string of the molecule is CN(CCc1ccccc1)CC1(O)CCC2C34C=CC5(C=C3C(=O)c3cccc(C(F)(F)F)c3)CC(O)CCC5(C)C4CCC21C. The quantitative estimate of drug-likeness (QED) is 0.243. The number of carbonyl (C=O) groups excluding carboxylic acids is 1. The minimum atomic E-state index is -4.56. The van der Waals surface area contributed by atoms with Gasteiger partial charge in [0.15, 0.2) is 5.78 Å². The van der Waals surface area contributed by atoms with Crippen molar-refractivity contribution in [2.75, 3.05) is 20.1 Å². The maximum absolute atomic E-state index is 14.6. The van der Waals surface area contributed by atoms with E-state index in [9.17, 15) is 28.2 Å². The highest BCUT2D eigenvalue weighted by molar-refractivity contribution is 6.10. The summed E-state index contributed by atoms with van der Waals surface area (Å²) in [6, 6.07) is 15.1. The lowest BCUT2D eigenvalue weighted by Crippen LogP contribution is -2.67. The van der Waals surface area contributed by atoms with Crippen LogP contribution in [0.5, 0.6) is 0 Å². The molecule has 2 N–H and O–H groups in total. The van der Waals surface area contributed by atoms with Crippen LogP contribution in [-0.2, 0) is 12.6 Å². The number of aliphatic hydroxyl groups is 2. The van der Waals surface area contributed by atoms with Crippen LogP contribution in [-0.4, -0.2) is 52.7 Å². The third kappa shape index (κ3) is 4.47. The van der Waals surface area contributed by atoms with Crippen molar-refractivity contribution < 1.29 is 28.2 Å². The first-order chi connectivity index (χ1) is 21.7. The van der Waals surface area contributed by atoms with Gasteiger partial charge in [-0.25, -0.2) is 0 Å². The molecule has 46 heavy (non-hydrogen) atoms. The monoisotopic (exact) mass is 633 g/mol. The molecule has 2 aromatic rings. The molecule has 2 spiro atoms. The molecule has 3 fully saturated rings. The highest BCUT2D eigenvalue weighted by Crippen LogP contribution is 2.78. The summed E-state index contributed by atoms with van der Waals surface area (Å²) in [5.41, 5.74) is -1.87. The number of alkyl halides is 3. The van der Waals surface area contributed by atoms with Crippen molar-refractivity contribution in [1.29, 1.82) is 0 Å². The summed E-state index contributed by atoms with van der Waals surface area (Å²) in [6.45, 7) is 5.84. The highest BCUT2D eigenvalue weighted by Gasteiger charge is 2.74. The van der Waals surface area contributed by atoms with E-state index in [2.05, 4.69) is 56.2 Å². The van der Waals surface area contributed by atoms with Crippen LogP contribution in [0.15, 0.2) is 78.4 Å². The van der Waals surface area contributed by atoms with Crippen LogP contribution in [0.2, 0.25) is 0 Å². The molecule has 0 aromatic heterocycles. The molecule has 0 aliphatic heterocycles.